The second kappa shape index (κ2) is 10.1. The average molecular weight is 371 g/mol. The van der Waals surface area contributed by atoms with Gasteiger partial charge >= 0.3 is 0 Å². The van der Waals surface area contributed by atoms with Gasteiger partial charge in [0.15, 0.2) is 0 Å². The Morgan fingerprint density at radius 3 is 2.37 bits per heavy atom. The first-order valence-electron chi connectivity index (χ1n) is 8.59. The molecule has 0 fully saturated rings. The van der Waals surface area contributed by atoms with Crippen LogP contribution in [0.3, 0.4) is 0 Å². The monoisotopic (exact) mass is 371 g/mol. The number of carbonyl (C=O) groups is 1. The van der Waals surface area contributed by atoms with E-state index in [0.717, 1.165) is 17.0 Å². The van der Waals surface area contributed by atoms with Gasteiger partial charge in [-0.15, -0.1) is 0 Å². The highest BCUT2D eigenvalue weighted by Crippen LogP contribution is 2.25. The maximum absolute atomic E-state index is 12.0. The quantitative estimate of drug-likeness (QED) is 0.523. The minimum Gasteiger partial charge on any atom is -0.497 e. The van der Waals surface area contributed by atoms with Crippen molar-refractivity contribution in [3.8, 4) is 17.2 Å². The van der Waals surface area contributed by atoms with Crippen molar-refractivity contribution in [3.05, 3.63) is 48.0 Å². The minimum atomic E-state index is -0.254. The molecule has 0 saturated carbocycles. The van der Waals surface area contributed by atoms with Crippen LogP contribution in [0.1, 0.15) is 19.4 Å². The minimum absolute atomic E-state index is 0.102. The van der Waals surface area contributed by atoms with Gasteiger partial charge in [-0.2, -0.15) is 5.10 Å². The van der Waals surface area contributed by atoms with Gasteiger partial charge in [0.1, 0.15) is 17.2 Å². The lowest BCUT2D eigenvalue weighted by atomic mass is 10.1. The standard InChI is InChI=1S/C20H25N3O4/c1-5-27-16-8-6-15(7-9-16)21-13-20(24)23-22-14(2)18-11-10-17(25-3)12-19(18)26-4/h6-12,21H,5,13H2,1-4H3,(H,23,24). The van der Waals surface area contributed by atoms with Crippen LogP contribution < -0.4 is 25.0 Å². The second-order valence-corrected chi connectivity index (χ2v) is 5.61. The number of amides is 1. The predicted octanol–water partition coefficient (Wildman–Crippen LogP) is 3.05. The predicted molar refractivity (Wildman–Crippen MR) is 106 cm³/mol. The lowest BCUT2D eigenvalue weighted by Gasteiger charge is -2.10. The summed E-state index contributed by atoms with van der Waals surface area (Å²) < 4.78 is 15.9. The van der Waals surface area contributed by atoms with Gasteiger partial charge in [0.25, 0.3) is 5.91 Å². The summed E-state index contributed by atoms with van der Waals surface area (Å²) in [6.45, 7) is 4.45. The van der Waals surface area contributed by atoms with Crippen LogP contribution >= 0.6 is 0 Å². The molecular weight excluding hydrogens is 346 g/mol. The number of nitrogens with one attached hydrogen (secondary N) is 2. The van der Waals surface area contributed by atoms with E-state index in [-0.39, 0.29) is 12.5 Å². The summed E-state index contributed by atoms with van der Waals surface area (Å²) in [6.07, 6.45) is 0. The van der Waals surface area contributed by atoms with Crippen molar-refractivity contribution in [2.75, 3.05) is 32.7 Å². The van der Waals surface area contributed by atoms with E-state index in [1.54, 1.807) is 27.2 Å². The van der Waals surface area contributed by atoms with E-state index in [1.165, 1.54) is 0 Å². The number of hydrazone groups is 1. The zero-order chi connectivity index (χ0) is 19.6. The molecule has 0 aliphatic rings. The van der Waals surface area contributed by atoms with Crippen LogP contribution in [0.4, 0.5) is 5.69 Å². The molecule has 0 saturated heterocycles. The molecule has 0 aliphatic carbocycles. The fourth-order valence-corrected chi connectivity index (χ4v) is 2.36. The molecule has 2 aromatic carbocycles. The molecule has 2 N–H and O–H groups in total. The van der Waals surface area contributed by atoms with Gasteiger partial charge in [0, 0.05) is 17.3 Å². The molecule has 2 aromatic rings. The third-order valence-corrected chi connectivity index (χ3v) is 3.77. The Morgan fingerprint density at radius 1 is 1.04 bits per heavy atom. The third-order valence-electron chi connectivity index (χ3n) is 3.77. The number of methoxy groups -OCH3 is 2. The molecule has 0 spiro atoms. The Labute approximate surface area is 159 Å². The molecule has 0 aliphatic heterocycles. The Kier molecular flexibility index (Phi) is 7.49. The van der Waals surface area contributed by atoms with Crippen LogP contribution in [0.2, 0.25) is 0 Å². The molecule has 144 valence electrons. The molecular formula is C20H25N3O4. The van der Waals surface area contributed by atoms with Gasteiger partial charge in [-0.25, -0.2) is 5.43 Å². The first kappa shape index (κ1) is 20.1. The molecule has 0 radical (unpaired) electrons. The van der Waals surface area contributed by atoms with E-state index in [2.05, 4.69) is 15.8 Å². The number of hydrogen-bond acceptors (Lipinski definition) is 6. The van der Waals surface area contributed by atoms with Crippen LogP contribution in [0.5, 0.6) is 17.2 Å². The molecule has 27 heavy (non-hydrogen) atoms. The topological polar surface area (TPSA) is 81.2 Å². The van der Waals surface area contributed by atoms with Crippen LogP contribution in [0.25, 0.3) is 0 Å². The summed E-state index contributed by atoms with van der Waals surface area (Å²) in [5.41, 5.74) is 4.77. The van der Waals surface area contributed by atoms with Crippen LogP contribution in [0, 0.1) is 0 Å². The Morgan fingerprint density at radius 2 is 1.74 bits per heavy atom. The van der Waals surface area contributed by atoms with E-state index in [4.69, 9.17) is 14.2 Å². The molecule has 7 heteroatoms. The average Bonchev–Trinajstić information content (AvgIpc) is 2.71. The number of rotatable bonds is 9. The van der Waals surface area contributed by atoms with Gasteiger partial charge in [-0.3, -0.25) is 4.79 Å². The van der Waals surface area contributed by atoms with E-state index < -0.39 is 0 Å². The molecule has 0 aromatic heterocycles. The summed E-state index contributed by atoms with van der Waals surface area (Å²) in [6, 6.07) is 12.8. The first-order valence-corrected chi connectivity index (χ1v) is 8.59. The number of carbonyl (C=O) groups excluding carboxylic acids is 1. The van der Waals surface area contributed by atoms with Crippen molar-refractivity contribution in [1.82, 2.24) is 5.43 Å². The van der Waals surface area contributed by atoms with E-state index in [9.17, 15) is 4.79 Å². The largest absolute Gasteiger partial charge is 0.497 e. The van der Waals surface area contributed by atoms with Crippen LogP contribution in [-0.2, 0) is 4.79 Å². The summed E-state index contributed by atoms with van der Waals surface area (Å²) in [5, 5.41) is 7.18. The Bertz CT molecular complexity index is 788. The Hall–Kier alpha value is -3.22. The molecule has 0 heterocycles. The molecule has 1 amide bonds. The number of benzene rings is 2. The zero-order valence-corrected chi connectivity index (χ0v) is 16.0. The summed E-state index contributed by atoms with van der Waals surface area (Å²) in [7, 11) is 3.16. The number of anilines is 1. The van der Waals surface area contributed by atoms with Crippen molar-refractivity contribution < 1.29 is 19.0 Å². The summed E-state index contributed by atoms with van der Waals surface area (Å²) >= 11 is 0. The lowest BCUT2D eigenvalue weighted by Crippen LogP contribution is -2.26. The van der Waals surface area contributed by atoms with Gasteiger partial charge in [0.05, 0.1) is 33.1 Å². The third kappa shape index (κ3) is 5.91. The highest BCUT2D eigenvalue weighted by atomic mass is 16.5. The van der Waals surface area contributed by atoms with E-state index in [1.807, 2.05) is 43.3 Å². The van der Waals surface area contributed by atoms with Gasteiger partial charge in [-0.1, -0.05) is 0 Å². The second-order valence-electron chi connectivity index (χ2n) is 5.61. The highest BCUT2D eigenvalue weighted by molar-refractivity contribution is 6.01. The van der Waals surface area contributed by atoms with E-state index >= 15 is 0 Å². The van der Waals surface area contributed by atoms with Gasteiger partial charge < -0.3 is 19.5 Å². The molecule has 0 unspecified atom stereocenters. The Balaban J connectivity index is 1.91. The van der Waals surface area contributed by atoms with Gasteiger partial charge in [0.2, 0.25) is 0 Å². The number of hydrogen-bond donors (Lipinski definition) is 2. The normalized spacial score (nSPS) is 10.9. The van der Waals surface area contributed by atoms with Gasteiger partial charge in [-0.05, 0) is 50.2 Å². The fourth-order valence-electron chi connectivity index (χ4n) is 2.36. The van der Waals surface area contributed by atoms with Crippen molar-refractivity contribution in [3.63, 3.8) is 0 Å². The van der Waals surface area contributed by atoms with Crippen molar-refractivity contribution in [2.45, 2.75) is 13.8 Å². The van der Waals surface area contributed by atoms with Crippen LogP contribution in [0.15, 0.2) is 47.6 Å². The number of ether oxygens (including phenoxy) is 3. The molecule has 2 rings (SSSR count). The maximum Gasteiger partial charge on any atom is 0.259 e. The smallest absolute Gasteiger partial charge is 0.259 e. The van der Waals surface area contributed by atoms with Crippen molar-refractivity contribution >= 4 is 17.3 Å². The highest BCUT2D eigenvalue weighted by Gasteiger charge is 2.09. The summed E-state index contributed by atoms with van der Waals surface area (Å²) in [4.78, 5) is 12.0. The SMILES string of the molecule is CCOc1ccc(NCC(=O)NN=C(C)c2ccc(OC)cc2OC)cc1. The lowest BCUT2D eigenvalue weighted by molar-refractivity contribution is -0.119. The molecule has 7 nitrogen and oxygen atoms in total. The zero-order valence-electron chi connectivity index (χ0n) is 16.0. The van der Waals surface area contributed by atoms with E-state index in [0.29, 0.717) is 23.8 Å². The maximum atomic E-state index is 12.0. The van der Waals surface area contributed by atoms with Crippen LogP contribution in [-0.4, -0.2) is 39.0 Å². The van der Waals surface area contributed by atoms with Crippen molar-refractivity contribution in [2.24, 2.45) is 5.10 Å². The number of nitrogens with zero attached hydrogens (tertiary/aromatic N) is 1. The van der Waals surface area contributed by atoms with Crippen molar-refractivity contribution in [1.29, 1.82) is 0 Å². The molecule has 0 bridgehead atoms. The summed E-state index contributed by atoms with van der Waals surface area (Å²) in [5.74, 6) is 1.85. The first-order chi connectivity index (χ1) is 13.1. The fraction of sp³-hybridized carbons (Fsp3) is 0.300. The molecule has 0 atom stereocenters.